The van der Waals surface area contributed by atoms with E-state index in [1.165, 1.54) is 63.8 Å². The molecule has 110 valence electrons. The molecule has 20 heavy (non-hydrogen) atoms. The van der Waals surface area contributed by atoms with E-state index in [0.29, 0.717) is 0 Å². The Morgan fingerprint density at radius 3 is 2.60 bits per heavy atom. The summed E-state index contributed by atoms with van der Waals surface area (Å²) in [7, 11) is 0. The van der Waals surface area contributed by atoms with Crippen molar-refractivity contribution in [1.29, 1.82) is 0 Å². The van der Waals surface area contributed by atoms with Crippen molar-refractivity contribution in [2.75, 3.05) is 26.2 Å². The number of hydrogen-bond acceptors (Lipinski definition) is 2. The lowest BCUT2D eigenvalue weighted by molar-refractivity contribution is 0.213. The van der Waals surface area contributed by atoms with Gasteiger partial charge in [-0.15, -0.1) is 0 Å². The first-order chi connectivity index (χ1) is 9.83. The number of hydrogen-bond donors (Lipinski definition) is 1. The summed E-state index contributed by atoms with van der Waals surface area (Å²) in [6.07, 6.45) is 6.89. The third-order valence-electron chi connectivity index (χ3n) is 5.08. The van der Waals surface area contributed by atoms with Crippen molar-refractivity contribution < 1.29 is 0 Å². The number of aryl methyl sites for hydroxylation is 1. The molecule has 0 amide bonds. The van der Waals surface area contributed by atoms with Gasteiger partial charge in [0.15, 0.2) is 0 Å². The first-order valence-corrected chi connectivity index (χ1v) is 8.34. The van der Waals surface area contributed by atoms with Crippen molar-refractivity contribution in [2.24, 2.45) is 0 Å². The zero-order valence-corrected chi connectivity index (χ0v) is 12.8. The van der Waals surface area contributed by atoms with Gasteiger partial charge in [0.1, 0.15) is 0 Å². The maximum absolute atomic E-state index is 3.74. The fourth-order valence-electron chi connectivity index (χ4n) is 3.69. The summed E-state index contributed by atoms with van der Waals surface area (Å²) < 4.78 is 0. The van der Waals surface area contributed by atoms with Gasteiger partial charge in [-0.2, -0.15) is 0 Å². The van der Waals surface area contributed by atoms with Gasteiger partial charge in [-0.25, -0.2) is 0 Å². The van der Waals surface area contributed by atoms with Gasteiger partial charge in [0.05, 0.1) is 0 Å². The molecule has 3 rings (SSSR count). The number of nitrogens with one attached hydrogen (secondary N) is 1. The van der Waals surface area contributed by atoms with Crippen molar-refractivity contribution in [3.8, 4) is 0 Å². The highest BCUT2D eigenvalue weighted by molar-refractivity contribution is 5.31. The summed E-state index contributed by atoms with van der Waals surface area (Å²) in [5, 5.41) is 3.74. The molecule has 0 spiro atoms. The summed E-state index contributed by atoms with van der Waals surface area (Å²) in [5.74, 6) is 0.795. The summed E-state index contributed by atoms with van der Waals surface area (Å²) in [6, 6.07) is 9.63. The van der Waals surface area contributed by atoms with Crippen LogP contribution in [-0.2, 0) is 0 Å². The Balaban J connectivity index is 1.35. The molecule has 2 heteroatoms. The van der Waals surface area contributed by atoms with Gasteiger partial charge in [-0.3, -0.25) is 0 Å². The molecular weight excluding hydrogens is 244 g/mol. The van der Waals surface area contributed by atoms with E-state index in [4.69, 9.17) is 0 Å². The summed E-state index contributed by atoms with van der Waals surface area (Å²) >= 11 is 0. The second-order valence-corrected chi connectivity index (χ2v) is 6.58. The number of nitrogens with zero attached hydrogens (tertiary/aromatic N) is 1. The highest BCUT2D eigenvalue weighted by atomic mass is 15.1. The van der Waals surface area contributed by atoms with E-state index in [1.807, 2.05) is 0 Å². The van der Waals surface area contributed by atoms with Crippen LogP contribution in [-0.4, -0.2) is 37.1 Å². The van der Waals surface area contributed by atoms with E-state index in [9.17, 15) is 0 Å². The standard InChI is InChI=1S/C18H28N2/c1-15-7-3-4-8-18(15)16-13-17(14-16)19-9-12-20-10-5-2-6-11-20/h3-4,7-8,16-17,19H,2,5-6,9-14H2,1H3. The van der Waals surface area contributed by atoms with E-state index in [-0.39, 0.29) is 0 Å². The smallest absolute Gasteiger partial charge is 0.0107 e. The Hall–Kier alpha value is -0.860. The zero-order chi connectivity index (χ0) is 13.8. The van der Waals surface area contributed by atoms with Crippen LogP contribution in [0.25, 0.3) is 0 Å². The van der Waals surface area contributed by atoms with E-state index in [2.05, 4.69) is 41.4 Å². The van der Waals surface area contributed by atoms with Crippen LogP contribution in [0.1, 0.15) is 49.1 Å². The fraction of sp³-hybridized carbons (Fsp3) is 0.667. The molecule has 0 atom stereocenters. The average Bonchev–Trinajstić information content (AvgIpc) is 2.44. The maximum Gasteiger partial charge on any atom is 0.0107 e. The number of likely N-dealkylation sites (tertiary alicyclic amines) is 1. The third-order valence-corrected chi connectivity index (χ3v) is 5.08. The molecule has 1 saturated heterocycles. The van der Waals surface area contributed by atoms with Gasteiger partial charge in [0.25, 0.3) is 0 Å². The first-order valence-electron chi connectivity index (χ1n) is 8.34. The predicted octanol–water partition coefficient (Wildman–Crippen LogP) is 3.32. The Morgan fingerprint density at radius 1 is 1.10 bits per heavy atom. The normalized spacial score (nSPS) is 27.2. The second-order valence-electron chi connectivity index (χ2n) is 6.58. The number of benzene rings is 1. The largest absolute Gasteiger partial charge is 0.313 e. The van der Waals surface area contributed by atoms with Crippen molar-refractivity contribution in [1.82, 2.24) is 10.2 Å². The molecule has 1 aromatic carbocycles. The van der Waals surface area contributed by atoms with Gasteiger partial charge in [0, 0.05) is 19.1 Å². The van der Waals surface area contributed by atoms with Gasteiger partial charge in [0.2, 0.25) is 0 Å². The van der Waals surface area contributed by atoms with E-state index < -0.39 is 0 Å². The summed E-state index contributed by atoms with van der Waals surface area (Å²) in [6.45, 7) is 7.29. The minimum Gasteiger partial charge on any atom is -0.313 e. The van der Waals surface area contributed by atoms with Crippen LogP contribution >= 0.6 is 0 Å². The van der Waals surface area contributed by atoms with Crippen LogP contribution in [0.15, 0.2) is 24.3 Å². The molecule has 0 unspecified atom stereocenters. The molecule has 1 aromatic rings. The molecule has 0 aromatic heterocycles. The van der Waals surface area contributed by atoms with Crippen LogP contribution in [0.5, 0.6) is 0 Å². The van der Waals surface area contributed by atoms with Crippen molar-refractivity contribution in [3.63, 3.8) is 0 Å². The highest BCUT2D eigenvalue weighted by Gasteiger charge is 2.30. The summed E-state index contributed by atoms with van der Waals surface area (Å²) in [5.41, 5.74) is 3.03. The molecule has 0 bridgehead atoms. The van der Waals surface area contributed by atoms with Gasteiger partial charge in [-0.1, -0.05) is 30.7 Å². The van der Waals surface area contributed by atoms with Gasteiger partial charge >= 0.3 is 0 Å². The topological polar surface area (TPSA) is 15.3 Å². The van der Waals surface area contributed by atoms with Crippen LogP contribution in [0.3, 0.4) is 0 Å². The highest BCUT2D eigenvalue weighted by Crippen LogP contribution is 2.38. The number of rotatable bonds is 5. The maximum atomic E-state index is 3.74. The second kappa shape index (κ2) is 6.73. The summed E-state index contributed by atoms with van der Waals surface area (Å²) in [4.78, 5) is 2.62. The molecule has 1 aliphatic carbocycles. The van der Waals surface area contributed by atoms with Crippen LogP contribution in [0, 0.1) is 6.92 Å². The average molecular weight is 272 g/mol. The monoisotopic (exact) mass is 272 g/mol. The van der Waals surface area contributed by atoms with Crippen LogP contribution < -0.4 is 5.32 Å². The quantitative estimate of drug-likeness (QED) is 0.884. The Bertz CT molecular complexity index is 417. The SMILES string of the molecule is Cc1ccccc1C1CC(NCCN2CCCCC2)C1. The number of piperidine rings is 1. The molecular formula is C18H28N2. The lowest BCUT2D eigenvalue weighted by atomic mass is 9.74. The van der Waals surface area contributed by atoms with E-state index >= 15 is 0 Å². The predicted molar refractivity (Wildman–Crippen MR) is 85.2 cm³/mol. The van der Waals surface area contributed by atoms with Gasteiger partial charge in [-0.05, 0) is 62.7 Å². The Labute approximate surface area is 123 Å². The van der Waals surface area contributed by atoms with Crippen molar-refractivity contribution in [2.45, 2.75) is 51.0 Å². The fourth-order valence-corrected chi connectivity index (χ4v) is 3.69. The molecule has 1 heterocycles. The van der Waals surface area contributed by atoms with Crippen LogP contribution in [0.4, 0.5) is 0 Å². The lowest BCUT2D eigenvalue weighted by Gasteiger charge is -2.38. The Kier molecular flexibility index (Phi) is 4.74. The van der Waals surface area contributed by atoms with E-state index in [0.717, 1.165) is 12.0 Å². The molecule has 2 fully saturated rings. The molecule has 2 aliphatic rings. The minimum atomic E-state index is 0.754. The van der Waals surface area contributed by atoms with E-state index in [1.54, 1.807) is 5.56 Å². The molecule has 2 nitrogen and oxygen atoms in total. The minimum absolute atomic E-state index is 0.754. The van der Waals surface area contributed by atoms with Gasteiger partial charge < -0.3 is 10.2 Å². The zero-order valence-electron chi connectivity index (χ0n) is 12.8. The molecule has 1 N–H and O–H groups in total. The van der Waals surface area contributed by atoms with Crippen molar-refractivity contribution >= 4 is 0 Å². The molecule has 1 aliphatic heterocycles. The van der Waals surface area contributed by atoms with Crippen molar-refractivity contribution in [3.05, 3.63) is 35.4 Å². The molecule has 0 radical (unpaired) electrons. The Morgan fingerprint density at radius 2 is 1.85 bits per heavy atom. The molecule has 1 saturated carbocycles. The third kappa shape index (κ3) is 3.42. The van der Waals surface area contributed by atoms with Crippen LogP contribution in [0.2, 0.25) is 0 Å². The lowest BCUT2D eigenvalue weighted by Crippen LogP contribution is -2.44. The first kappa shape index (κ1) is 14.1.